The molecule has 0 aromatic carbocycles. The molecule has 8 heteroatoms. The summed E-state index contributed by atoms with van der Waals surface area (Å²) in [5, 5.41) is 1.15. The van der Waals surface area contributed by atoms with E-state index in [9.17, 15) is 0 Å². The lowest BCUT2D eigenvalue weighted by Crippen LogP contribution is -2.59. The maximum absolute atomic E-state index is 4.57. The van der Waals surface area contributed by atoms with E-state index >= 15 is 0 Å². The van der Waals surface area contributed by atoms with Crippen molar-refractivity contribution >= 4 is 59.1 Å². The lowest BCUT2D eigenvalue weighted by molar-refractivity contribution is -0.0112. The molecule has 2 aliphatic carbocycles. The van der Waals surface area contributed by atoms with Crippen LogP contribution in [0.25, 0.3) is 11.0 Å². The molecule has 1 N–H and O–H groups in total. The van der Waals surface area contributed by atoms with Gasteiger partial charge in [0.1, 0.15) is 12.1 Å². The first-order chi connectivity index (χ1) is 11.2. The summed E-state index contributed by atoms with van der Waals surface area (Å²) in [4.78, 5) is 11.4. The minimum absolute atomic E-state index is 0.600. The molecule has 1 spiro atoms. The molecule has 2 fully saturated rings. The number of nitrogens with one attached hydrogen (secondary N) is 1. The van der Waals surface area contributed by atoms with Gasteiger partial charge in [0.15, 0.2) is 5.65 Å². The van der Waals surface area contributed by atoms with Crippen molar-refractivity contribution in [2.24, 2.45) is 5.41 Å². The molecule has 0 aliphatic heterocycles. The van der Waals surface area contributed by atoms with Gasteiger partial charge in [-0.2, -0.15) is 0 Å². The van der Waals surface area contributed by atoms with Crippen LogP contribution in [-0.4, -0.2) is 39.3 Å². The third kappa shape index (κ3) is 2.75. The van der Waals surface area contributed by atoms with Gasteiger partial charge in [-0.25, -0.2) is 9.97 Å². The standard InChI is InChI=1S/C15H20IN5S2/c1-20(11-7-15(8-11)5-10(6-15)19-22-2)13-12-3-4-21(23-16)14(12)18-9-17-13/h3-4,9-11,19H,5-8H2,1-2H3. The van der Waals surface area contributed by atoms with Gasteiger partial charge in [-0.15, -0.1) is 0 Å². The SMILES string of the molecule is CSNC1CC2(C1)CC(N(C)c1ncnc3c1ccn3SI)C2. The molecular weight excluding hydrogens is 441 g/mol. The van der Waals surface area contributed by atoms with Crippen molar-refractivity contribution < 1.29 is 0 Å². The van der Waals surface area contributed by atoms with E-state index in [1.54, 1.807) is 27.4 Å². The molecular formula is C15H20IN5S2. The fourth-order valence-corrected chi connectivity index (χ4v) is 5.98. The first-order valence-corrected chi connectivity index (χ1v) is 12.3. The Balaban J connectivity index is 1.47. The summed E-state index contributed by atoms with van der Waals surface area (Å²) in [6.07, 6.45) is 11.1. The topological polar surface area (TPSA) is 46.0 Å². The van der Waals surface area contributed by atoms with Crippen LogP contribution < -0.4 is 9.62 Å². The van der Waals surface area contributed by atoms with E-state index < -0.39 is 0 Å². The highest BCUT2D eigenvalue weighted by Crippen LogP contribution is 2.57. The zero-order valence-corrected chi connectivity index (χ0v) is 17.0. The van der Waals surface area contributed by atoms with Gasteiger partial charge in [-0.3, -0.25) is 8.69 Å². The summed E-state index contributed by atoms with van der Waals surface area (Å²) in [7, 11) is 3.82. The predicted molar refractivity (Wildman–Crippen MR) is 108 cm³/mol. The van der Waals surface area contributed by atoms with E-state index in [1.165, 1.54) is 25.7 Å². The molecule has 2 saturated carbocycles. The van der Waals surface area contributed by atoms with Crippen molar-refractivity contribution in [1.29, 1.82) is 0 Å². The van der Waals surface area contributed by atoms with Crippen LogP contribution in [-0.2, 0) is 0 Å². The summed E-state index contributed by atoms with van der Waals surface area (Å²) in [5.41, 5.74) is 1.60. The monoisotopic (exact) mass is 461 g/mol. The van der Waals surface area contributed by atoms with Crippen LogP contribution in [0.15, 0.2) is 18.6 Å². The highest BCUT2D eigenvalue weighted by atomic mass is 127. The molecule has 0 atom stereocenters. The smallest absolute Gasteiger partial charge is 0.156 e. The maximum Gasteiger partial charge on any atom is 0.156 e. The van der Waals surface area contributed by atoms with Gasteiger partial charge in [0, 0.05) is 55.7 Å². The molecule has 5 nitrogen and oxygen atoms in total. The first-order valence-electron chi connectivity index (χ1n) is 7.78. The third-order valence-corrected chi connectivity index (χ3v) is 7.65. The molecule has 23 heavy (non-hydrogen) atoms. The van der Waals surface area contributed by atoms with Gasteiger partial charge < -0.3 is 4.90 Å². The largest absolute Gasteiger partial charge is 0.356 e. The number of aromatic nitrogens is 3. The van der Waals surface area contributed by atoms with Crippen LogP contribution in [0.4, 0.5) is 5.82 Å². The summed E-state index contributed by atoms with van der Waals surface area (Å²) >= 11 is 4.03. The van der Waals surface area contributed by atoms with Crippen LogP contribution in [0.5, 0.6) is 0 Å². The average molecular weight is 461 g/mol. The Kier molecular flexibility index (Phi) is 4.44. The quantitative estimate of drug-likeness (QED) is 0.539. The van der Waals surface area contributed by atoms with Crippen molar-refractivity contribution in [3.63, 3.8) is 0 Å². The van der Waals surface area contributed by atoms with Gasteiger partial charge >= 0.3 is 0 Å². The lowest BCUT2D eigenvalue weighted by Gasteiger charge is -2.59. The van der Waals surface area contributed by atoms with Gasteiger partial charge in [0.2, 0.25) is 0 Å². The van der Waals surface area contributed by atoms with Gasteiger partial charge in [-0.05, 0) is 43.4 Å². The van der Waals surface area contributed by atoms with Crippen LogP contribution in [0.1, 0.15) is 25.7 Å². The number of fused-ring (bicyclic) bond motifs is 1. The zero-order valence-electron chi connectivity index (χ0n) is 13.2. The summed E-state index contributed by atoms with van der Waals surface area (Å²) in [6.45, 7) is 0. The lowest BCUT2D eigenvalue weighted by atomic mass is 9.52. The maximum atomic E-state index is 4.57. The van der Waals surface area contributed by atoms with Crippen LogP contribution in [0.3, 0.4) is 0 Å². The van der Waals surface area contributed by atoms with Crippen LogP contribution >= 0.6 is 42.3 Å². The van der Waals surface area contributed by atoms with Gasteiger partial charge in [0.05, 0.1) is 5.39 Å². The molecule has 2 aliphatic rings. The van der Waals surface area contributed by atoms with E-state index in [4.69, 9.17) is 0 Å². The second-order valence-electron chi connectivity index (χ2n) is 6.75. The van der Waals surface area contributed by atoms with Gasteiger partial charge in [0.25, 0.3) is 0 Å². The summed E-state index contributed by atoms with van der Waals surface area (Å²) < 4.78 is 5.58. The van der Waals surface area contributed by atoms with E-state index in [2.05, 4.69) is 70.3 Å². The fourth-order valence-electron chi connectivity index (χ4n) is 4.21. The van der Waals surface area contributed by atoms with E-state index in [0.717, 1.165) is 22.9 Å². The number of hydrogen-bond donors (Lipinski definition) is 1. The Morgan fingerprint density at radius 3 is 2.83 bits per heavy atom. The average Bonchev–Trinajstić information content (AvgIpc) is 2.90. The fraction of sp³-hybridized carbons (Fsp3) is 0.600. The van der Waals surface area contributed by atoms with Crippen LogP contribution in [0.2, 0.25) is 0 Å². The Morgan fingerprint density at radius 1 is 1.35 bits per heavy atom. The molecule has 0 saturated heterocycles. The third-order valence-electron chi connectivity index (χ3n) is 5.36. The summed E-state index contributed by atoms with van der Waals surface area (Å²) in [6, 6.07) is 3.46. The first kappa shape index (κ1) is 16.3. The Morgan fingerprint density at radius 2 is 2.13 bits per heavy atom. The van der Waals surface area contributed by atoms with Crippen LogP contribution in [0, 0.1) is 5.41 Å². The van der Waals surface area contributed by atoms with Crippen molar-refractivity contribution in [2.45, 2.75) is 37.8 Å². The predicted octanol–water partition coefficient (Wildman–Crippen LogP) is 3.89. The number of halogens is 1. The van der Waals surface area contributed by atoms with Crippen molar-refractivity contribution in [3.05, 3.63) is 18.6 Å². The number of hydrogen-bond acceptors (Lipinski definition) is 6. The second kappa shape index (κ2) is 6.27. The summed E-state index contributed by atoms with van der Waals surface area (Å²) in [5.74, 6) is 1.07. The minimum Gasteiger partial charge on any atom is -0.356 e. The number of nitrogens with zero attached hydrogens (tertiary/aromatic N) is 4. The zero-order chi connectivity index (χ0) is 16.0. The van der Waals surface area contributed by atoms with E-state index in [-0.39, 0.29) is 0 Å². The van der Waals surface area contributed by atoms with E-state index in [1.807, 2.05) is 0 Å². The molecule has 2 heterocycles. The highest BCUT2D eigenvalue weighted by Gasteiger charge is 2.53. The molecule has 2 aromatic heterocycles. The molecule has 0 radical (unpaired) electrons. The molecule has 124 valence electrons. The molecule has 0 amide bonds. The minimum atomic E-state index is 0.600. The molecule has 4 rings (SSSR count). The Bertz CT molecular complexity index is 707. The normalized spacial score (nSPS) is 29.5. The number of rotatable bonds is 5. The second-order valence-corrected chi connectivity index (χ2v) is 9.10. The Hall–Kier alpha value is -0.190. The number of anilines is 1. The highest BCUT2D eigenvalue weighted by molar-refractivity contribution is 14.2. The van der Waals surface area contributed by atoms with Gasteiger partial charge in [-0.1, -0.05) is 11.9 Å². The Labute approximate surface area is 157 Å². The molecule has 0 bridgehead atoms. The molecule has 2 aromatic rings. The van der Waals surface area contributed by atoms with Crippen molar-refractivity contribution in [2.75, 3.05) is 18.2 Å². The van der Waals surface area contributed by atoms with E-state index in [0.29, 0.717) is 11.5 Å². The molecule has 0 unspecified atom stereocenters. The van der Waals surface area contributed by atoms with Crippen molar-refractivity contribution in [3.8, 4) is 0 Å². The van der Waals surface area contributed by atoms with Crippen molar-refractivity contribution in [1.82, 2.24) is 18.7 Å².